The standard InChI is InChI=1S/C15H27N3O2/c1-14(2,3)13-17-11(16-7)10-12(18-13)19-8-9-20-15(4,5)6/h10H,8-9H2,1-7H3,(H,16,17,18). The van der Waals surface area contributed by atoms with Crippen LogP contribution in [0.1, 0.15) is 47.4 Å². The van der Waals surface area contributed by atoms with Crippen molar-refractivity contribution >= 4 is 5.82 Å². The summed E-state index contributed by atoms with van der Waals surface area (Å²) >= 11 is 0. The summed E-state index contributed by atoms with van der Waals surface area (Å²) in [7, 11) is 1.83. The van der Waals surface area contributed by atoms with Crippen LogP contribution in [0.4, 0.5) is 5.82 Å². The lowest BCUT2D eigenvalue weighted by molar-refractivity contribution is -0.0168. The Morgan fingerprint density at radius 1 is 1.05 bits per heavy atom. The molecule has 0 atom stereocenters. The van der Waals surface area contributed by atoms with Crippen molar-refractivity contribution in [2.24, 2.45) is 0 Å². The fraction of sp³-hybridized carbons (Fsp3) is 0.733. The maximum absolute atomic E-state index is 5.66. The van der Waals surface area contributed by atoms with Gasteiger partial charge in [-0.2, -0.15) is 4.98 Å². The van der Waals surface area contributed by atoms with E-state index in [2.05, 4.69) is 36.1 Å². The Morgan fingerprint density at radius 3 is 2.20 bits per heavy atom. The molecule has 0 aliphatic rings. The zero-order chi connectivity index (χ0) is 15.4. The molecule has 5 heteroatoms. The summed E-state index contributed by atoms with van der Waals surface area (Å²) < 4.78 is 11.3. The summed E-state index contributed by atoms with van der Waals surface area (Å²) in [4.78, 5) is 8.91. The smallest absolute Gasteiger partial charge is 0.218 e. The highest BCUT2D eigenvalue weighted by atomic mass is 16.5. The third kappa shape index (κ3) is 5.74. The van der Waals surface area contributed by atoms with Crippen LogP contribution >= 0.6 is 0 Å². The monoisotopic (exact) mass is 281 g/mol. The molecular weight excluding hydrogens is 254 g/mol. The summed E-state index contributed by atoms with van der Waals surface area (Å²) in [5.41, 5.74) is -0.269. The molecular formula is C15H27N3O2. The van der Waals surface area contributed by atoms with Gasteiger partial charge in [0, 0.05) is 18.5 Å². The van der Waals surface area contributed by atoms with Gasteiger partial charge in [0.15, 0.2) is 0 Å². The molecule has 0 unspecified atom stereocenters. The normalized spacial score (nSPS) is 12.3. The number of hydrogen-bond acceptors (Lipinski definition) is 5. The Labute approximate surface area is 122 Å². The molecule has 20 heavy (non-hydrogen) atoms. The minimum atomic E-state index is -0.151. The van der Waals surface area contributed by atoms with Crippen LogP contribution in [0.25, 0.3) is 0 Å². The third-order valence-electron chi connectivity index (χ3n) is 2.50. The molecule has 0 bridgehead atoms. The van der Waals surface area contributed by atoms with Crippen molar-refractivity contribution in [1.82, 2.24) is 9.97 Å². The van der Waals surface area contributed by atoms with Gasteiger partial charge in [-0.15, -0.1) is 0 Å². The van der Waals surface area contributed by atoms with E-state index in [0.717, 1.165) is 11.6 Å². The van der Waals surface area contributed by atoms with E-state index in [1.54, 1.807) is 6.07 Å². The van der Waals surface area contributed by atoms with Gasteiger partial charge in [-0.25, -0.2) is 4.98 Å². The number of anilines is 1. The van der Waals surface area contributed by atoms with Crippen molar-refractivity contribution in [2.75, 3.05) is 25.6 Å². The maximum atomic E-state index is 5.66. The lowest BCUT2D eigenvalue weighted by Gasteiger charge is -2.20. The third-order valence-corrected chi connectivity index (χ3v) is 2.50. The number of nitrogens with one attached hydrogen (secondary N) is 1. The van der Waals surface area contributed by atoms with Crippen LogP contribution in [0.2, 0.25) is 0 Å². The van der Waals surface area contributed by atoms with Gasteiger partial charge >= 0.3 is 0 Å². The van der Waals surface area contributed by atoms with Crippen LogP contribution in [-0.4, -0.2) is 35.8 Å². The summed E-state index contributed by atoms with van der Waals surface area (Å²) in [5.74, 6) is 2.10. The van der Waals surface area contributed by atoms with Crippen LogP contribution in [-0.2, 0) is 10.2 Å². The van der Waals surface area contributed by atoms with Crippen molar-refractivity contribution in [3.05, 3.63) is 11.9 Å². The molecule has 0 spiro atoms. The second-order valence-corrected chi connectivity index (χ2v) is 6.72. The van der Waals surface area contributed by atoms with Gasteiger partial charge in [0.2, 0.25) is 5.88 Å². The Bertz CT molecular complexity index is 434. The molecule has 114 valence electrons. The molecule has 1 aromatic rings. The first-order valence-electron chi connectivity index (χ1n) is 6.96. The molecule has 0 fully saturated rings. The Kier molecular flexibility index (Phi) is 5.34. The van der Waals surface area contributed by atoms with Crippen molar-refractivity contribution in [2.45, 2.75) is 52.6 Å². The molecule has 1 N–H and O–H groups in total. The molecule has 0 radical (unpaired) electrons. The Balaban J connectivity index is 2.70. The molecule has 0 aliphatic carbocycles. The Morgan fingerprint density at radius 2 is 1.70 bits per heavy atom. The molecule has 0 amide bonds. The molecule has 5 nitrogen and oxygen atoms in total. The number of ether oxygens (including phenoxy) is 2. The van der Waals surface area contributed by atoms with Gasteiger partial charge in [0.05, 0.1) is 12.2 Å². The predicted molar refractivity (Wildman–Crippen MR) is 81.5 cm³/mol. The summed E-state index contributed by atoms with van der Waals surface area (Å²) in [5, 5.41) is 3.03. The fourth-order valence-electron chi connectivity index (χ4n) is 1.46. The van der Waals surface area contributed by atoms with E-state index in [0.29, 0.717) is 19.1 Å². The second kappa shape index (κ2) is 6.39. The fourth-order valence-corrected chi connectivity index (χ4v) is 1.46. The van der Waals surface area contributed by atoms with Gasteiger partial charge in [-0.05, 0) is 20.8 Å². The summed E-state index contributed by atoms with van der Waals surface area (Å²) in [6.07, 6.45) is 0. The quantitative estimate of drug-likeness (QED) is 0.841. The number of hydrogen-bond donors (Lipinski definition) is 1. The lowest BCUT2D eigenvalue weighted by Crippen LogP contribution is -2.23. The highest BCUT2D eigenvalue weighted by Gasteiger charge is 2.19. The van der Waals surface area contributed by atoms with Gasteiger partial charge in [-0.1, -0.05) is 20.8 Å². The largest absolute Gasteiger partial charge is 0.475 e. The first kappa shape index (κ1) is 16.7. The minimum Gasteiger partial charge on any atom is -0.475 e. The molecule has 0 saturated carbocycles. The summed E-state index contributed by atoms with van der Waals surface area (Å²) in [6, 6.07) is 1.80. The zero-order valence-electron chi connectivity index (χ0n) is 13.7. The summed E-state index contributed by atoms with van der Waals surface area (Å²) in [6.45, 7) is 13.3. The molecule has 0 aliphatic heterocycles. The Hall–Kier alpha value is -1.36. The van der Waals surface area contributed by atoms with E-state index in [4.69, 9.17) is 9.47 Å². The van der Waals surface area contributed by atoms with Gasteiger partial charge < -0.3 is 14.8 Å². The minimum absolute atomic E-state index is 0.118. The highest BCUT2D eigenvalue weighted by molar-refractivity contribution is 5.38. The topological polar surface area (TPSA) is 56.3 Å². The average Bonchev–Trinajstić information content (AvgIpc) is 2.32. The predicted octanol–water partition coefficient (Wildman–Crippen LogP) is 3.01. The van der Waals surface area contributed by atoms with E-state index < -0.39 is 0 Å². The van der Waals surface area contributed by atoms with E-state index in [1.807, 2.05) is 27.8 Å². The lowest BCUT2D eigenvalue weighted by atomic mass is 9.96. The van der Waals surface area contributed by atoms with E-state index in [9.17, 15) is 0 Å². The first-order valence-corrected chi connectivity index (χ1v) is 6.96. The molecule has 0 saturated heterocycles. The number of aromatic nitrogens is 2. The highest BCUT2D eigenvalue weighted by Crippen LogP contribution is 2.23. The van der Waals surface area contributed by atoms with Crippen molar-refractivity contribution in [1.29, 1.82) is 0 Å². The molecule has 1 aromatic heterocycles. The second-order valence-electron chi connectivity index (χ2n) is 6.72. The molecule has 1 rings (SSSR count). The van der Waals surface area contributed by atoms with E-state index in [1.165, 1.54) is 0 Å². The van der Waals surface area contributed by atoms with Gasteiger partial charge in [0.25, 0.3) is 0 Å². The van der Waals surface area contributed by atoms with Crippen LogP contribution in [0.15, 0.2) is 6.07 Å². The van der Waals surface area contributed by atoms with Gasteiger partial charge in [-0.3, -0.25) is 0 Å². The van der Waals surface area contributed by atoms with Gasteiger partial charge in [0.1, 0.15) is 18.2 Å². The van der Waals surface area contributed by atoms with Crippen molar-refractivity contribution < 1.29 is 9.47 Å². The molecule has 1 heterocycles. The zero-order valence-corrected chi connectivity index (χ0v) is 13.7. The average molecular weight is 281 g/mol. The van der Waals surface area contributed by atoms with Crippen LogP contribution in [0, 0.1) is 0 Å². The van der Waals surface area contributed by atoms with Crippen LogP contribution in [0.3, 0.4) is 0 Å². The van der Waals surface area contributed by atoms with Crippen molar-refractivity contribution in [3.63, 3.8) is 0 Å². The first-order chi connectivity index (χ1) is 9.12. The van der Waals surface area contributed by atoms with E-state index in [-0.39, 0.29) is 11.0 Å². The van der Waals surface area contributed by atoms with Crippen LogP contribution in [0.5, 0.6) is 5.88 Å². The van der Waals surface area contributed by atoms with Crippen LogP contribution < -0.4 is 10.1 Å². The SMILES string of the molecule is CNc1cc(OCCOC(C)(C)C)nc(C(C)(C)C)n1. The number of rotatable bonds is 5. The molecule has 0 aromatic carbocycles. The van der Waals surface area contributed by atoms with E-state index >= 15 is 0 Å². The maximum Gasteiger partial charge on any atom is 0.218 e. The van der Waals surface area contributed by atoms with Crippen molar-refractivity contribution in [3.8, 4) is 5.88 Å². The number of nitrogens with zero attached hydrogens (tertiary/aromatic N) is 2.